The van der Waals surface area contributed by atoms with Gasteiger partial charge >= 0.3 is 0 Å². The van der Waals surface area contributed by atoms with Crippen LogP contribution in [0.15, 0.2) is 84.3 Å². The first-order valence-electron chi connectivity index (χ1n) is 10.5. The van der Waals surface area contributed by atoms with Gasteiger partial charge in [-0.1, -0.05) is 36.4 Å². The second kappa shape index (κ2) is 10.0. The predicted molar refractivity (Wildman–Crippen MR) is 129 cm³/mol. The van der Waals surface area contributed by atoms with Crippen LogP contribution in [-0.2, 0) is 6.61 Å². The zero-order valence-corrected chi connectivity index (χ0v) is 18.4. The maximum Gasteiger partial charge on any atom is 0.201 e. The van der Waals surface area contributed by atoms with E-state index < -0.39 is 23.0 Å². The van der Waals surface area contributed by atoms with Crippen LogP contribution in [0.25, 0.3) is 16.6 Å². The van der Waals surface area contributed by atoms with E-state index in [1.165, 1.54) is 12.3 Å². The third-order valence-corrected chi connectivity index (χ3v) is 5.29. The maximum absolute atomic E-state index is 15.2. The summed E-state index contributed by atoms with van der Waals surface area (Å²) in [5.41, 5.74) is 2.29. The third-order valence-electron chi connectivity index (χ3n) is 5.29. The minimum Gasteiger partial charge on any atom is -0.486 e. The Kier molecular flexibility index (Phi) is 6.73. The van der Waals surface area contributed by atoms with E-state index in [4.69, 9.17) is 4.74 Å². The Bertz CT molecular complexity index is 1420. The Balaban J connectivity index is 1.69. The summed E-state index contributed by atoms with van der Waals surface area (Å²) in [7, 11) is 0. The fraction of sp³-hybridized carbons (Fsp3) is 0.0741. The first-order valence-corrected chi connectivity index (χ1v) is 10.5. The number of hydrogen-bond donors (Lipinski definition) is 1. The molecule has 0 bridgehead atoms. The number of benzene rings is 2. The Morgan fingerprint density at radius 2 is 2.00 bits per heavy atom. The number of allylic oxidation sites excluding steroid dienone is 3. The summed E-state index contributed by atoms with van der Waals surface area (Å²) in [6, 6.07) is 13.1. The van der Waals surface area contributed by atoms with E-state index in [1.54, 1.807) is 24.5 Å². The number of hydrogen-bond acceptors (Lipinski definition) is 4. The van der Waals surface area contributed by atoms with E-state index in [2.05, 4.69) is 21.7 Å². The molecular weight excluding hydrogens is 436 g/mol. The van der Waals surface area contributed by atoms with Gasteiger partial charge in [-0.05, 0) is 54.6 Å². The molecule has 0 saturated carbocycles. The van der Waals surface area contributed by atoms with Gasteiger partial charge in [-0.2, -0.15) is 0 Å². The monoisotopic (exact) mass is 457 g/mol. The summed E-state index contributed by atoms with van der Waals surface area (Å²) in [4.78, 5) is 24.1. The van der Waals surface area contributed by atoms with E-state index in [0.717, 1.165) is 22.8 Å². The van der Waals surface area contributed by atoms with Crippen molar-refractivity contribution in [1.82, 2.24) is 9.97 Å². The van der Waals surface area contributed by atoms with Gasteiger partial charge in [0.15, 0.2) is 11.6 Å². The average molecular weight is 457 g/mol. The summed E-state index contributed by atoms with van der Waals surface area (Å²) in [6.07, 6.45) is 8.13. The molecule has 0 atom stereocenters. The molecule has 0 amide bonds. The molecule has 0 aliphatic rings. The molecule has 5 nitrogen and oxygen atoms in total. The lowest BCUT2D eigenvalue weighted by atomic mass is 10.00. The van der Waals surface area contributed by atoms with Crippen molar-refractivity contribution >= 4 is 29.1 Å². The van der Waals surface area contributed by atoms with Crippen LogP contribution in [0.1, 0.15) is 34.0 Å². The van der Waals surface area contributed by atoms with Crippen LogP contribution in [0, 0.1) is 11.6 Å². The van der Waals surface area contributed by atoms with E-state index in [1.807, 2.05) is 43.3 Å². The zero-order chi connectivity index (χ0) is 24.1. The molecule has 0 radical (unpaired) electrons. The molecule has 1 N–H and O–H groups in total. The lowest BCUT2D eigenvalue weighted by molar-refractivity contribution is 0.103. The molecule has 4 rings (SSSR count). The number of ether oxygens (including phenoxy) is 1. The molecule has 0 unspecified atom stereocenters. The van der Waals surface area contributed by atoms with Crippen LogP contribution in [0.5, 0.6) is 5.75 Å². The van der Waals surface area contributed by atoms with Crippen molar-refractivity contribution in [1.29, 1.82) is 0 Å². The van der Waals surface area contributed by atoms with Gasteiger partial charge in [-0.3, -0.25) is 9.79 Å². The maximum atomic E-state index is 15.2. The highest BCUT2D eigenvalue weighted by Gasteiger charge is 2.25. The fourth-order valence-electron chi connectivity index (χ4n) is 3.47. The SMILES string of the molecule is C=N/C=C\C=C(/C)c1cnc2[nH]cc(C(=O)c3c(F)ccc(OCc4ccccc4)c3F)c2c1. The lowest BCUT2D eigenvalue weighted by Gasteiger charge is -2.11. The van der Waals surface area contributed by atoms with Crippen molar-refractivity contribution < 1.29 is 18.3 Å². The normalized spacial score (nSPS) is 11.8. The molecule has 2 heterocycles. The second-order valence-electron chi connectivity index (χ2n) is 7.53. The topological polar surface area (TPSA) is 67.3 Å². The predicted octanol–water partition coefficient (Wildman–Crippen LogP) is 6.27. The molecule has 7 heteroatoms. The number of H-pyrrole nitrogens is 1. The van der Waals surface area contributed by atoms with Crippen LogP contribution in [0.4, 0.5) is 8.78 Å². The van der Waals surface area contributed by atoms with Gasteiger partial charge in [0.05, 0.1) is 5.56 Å². The van der Waals surface area contributed by atoms with Crippen molar-refractivity contribution in [2.45, 2.75) is 13.5 Å². The van der Waals surface area contributed by atoms with Gasteiger partial charge in [0, 0.05) is 29.5 Å². The summed E-state index contributed by atoms with van der Waals surface area (Å²) in [5, 5.41) is 0.454. The van der Waals surface area contributed by atoms with Gasteiger partial charge in [-0.25, -0.2) is 13.8 Å². The molecular formula is C27H21F2N3O2. The van der Waals surface area contributed by atoms with E-state index in [9.17, 15) is 9.18 Å². The van der Waals surface area contributed by atoms with Crippen molar-refractivity contribution in [3.05, 3.63) is 113 Å². The number of fused-ring (bicyclic) bond motifs is 1. The summed E-state index contributed by atoms with van der Waals surface area (Å²) >= 11 is 0. The van der Waals surface area contributed by atoms with Crippen molar-refractivity contribution in [2.24, 2.45) is 4.99 Å². The van der Waals surface area contributed by atoms with Crippen molar-refractivity contribution in [2.75, 3.05) is 0 Å². The van der Waals surface area contributed by atoms with Crippen LogP contribution >= 0.6 is 0 Å². The minimum absolute atomic E-state index is 0.0822. The first-order chi connectivity index (χ1) is 16.5. The quantitative estimate of drug-likeness (QED) is 0.193. The molecule has 34 heavy (non-hydrogen) atoms. The Morgan fingerprint density at radius 1 is 1.21 bits per heavy atom. The van der Waals surface area contributed by atoms with Crippen LogP contribution in [0.3, 0.4) is 0 Å². The van der Waals surface area contributed by atoms with Gasteiger partial charge in [0.1, 0.15) is 18.1 Å². The van der Waals surface area contributed by atoms with Crippen LogP contribution in [0.2, 0.25) is 0 Å². The van der Waals surface area contributed by atoms with Crippen LogP contribution in [-0.4, -0.2) is 22.5 Å². The van der Waals surface area contributed by atoms with Gasteiger partial charge in [0.25, 0.3) is 0 Å². The number of carbonyl (C=O) groups is 1. The average Bonchev–Trinajstić information content (AvgIpc) is 3.27. The molecule has 0 fully saturated rings. The summed E-state index contributed by atoms with van der Waals surface area (Å²) in [5.74, 6) is -3.01. The number of pyridine rings is 1. The molecule has 0 aliphatic carbocycles. The number of carbonyl (C=O) groups excluding carboxylic acids is 1. The van der Waals surface area contributed by atoms with Crippen molar-refractivity contribution in [3.8, 4) is 5.75 Å². The number of aromatic nitrogens is 2. The number of halogens is 2. The fourth-order valence-corrected chi connectivity index (χ4v) is 3.47. The second-order valence-corrected chi connectivity index (χ2v) is 7.53. The minimum atomic E-state index is -1.04. The number of nitrogens with zero attached hydrogens (tertiary/aromatic N) is 2. The molecule has 2 aromatic heterocycles. The molecule has 0 spiro atoms. The highest BCUT2D eigenvalue weighted by Crippen LogP contribution is 2.29. The molecule has 0 saturated heterocycles. The number of nitrogens with one attached hydrogen (secondary N) is 1. The van der Waals surface area contributed by atoms with Gasteiger partial charge in [0.2, 0.25) is 5.78 Å². The summed E-state index contributed by atoms with van der Waals surface area (Å²) < 4.78 is 35.4. The number of rotatable bonds is 8. The standard InChI is InChI=1S/C27H21F2N3O2/c1-17(7-6-12-30-2)19-13-20-21(15-32-27(20)31-14-19)26(33)24-22(28)10-11-23(25(24)29)34-16-18-8-4-3-5-9-18/h3-15H,2,16H2,1H3,(H,31,32)/b12-6-,17-7+. The third kappa shape index (κ3) is 4.68. The number of aromatic amines is 1. The molecule has 170 valence electrons. The van der Waals surface area contributed by atoms with Crippen LogP contribution < -0.4 is 4.74 Å². The molecule has 0 aliphatic heterocycles. The molecule has 2 aromatic carbocycles. The van der Waals surface area contributed by atoms with Gasteiger partial charge < -0.3 is 9.72 Å². The Labute approximate surface area is 195 Å². The zero-order valence-electron chi connectivity index (χ0n) is 18.4. The number of aliphatic imine (C=N–C) groups is 1. The smallest absolute Gasteiger partial charge is 0.201 e. The van der Waals surface area contributed by atoms with E-state index in [0.29, 0.717) is 11.0 Å². The highest BCUT2D eigenvalue weighted by atomic mass is 19.1. The highest BCUT2D eigenvalue weighted by molar-refractivity contribution is 6.16. The van der Waals surface area contributed by atoms with Gasteiger partial charge in [-0.15, -0.1) is 0 Å². The van der Waals surface area contributed by atoms with E-state index >= 15 is 4.39 Å². The Hall–Kier alpha value is -4.39. The molecule has 4 aromatic rings. The summed E-state index contributed by atoms with van der Waals surface area (Å²) in [6.45, 7) is 5.34. The number of ketones is 1. The lowest BCUT2D eigenvalue weighted by Crippen LogP contribution is -2.09. The first kappa shape index (κ1) is 22.8. The van der Waals surface area contributed by atoms with E-state index in [-0.39, 0.29) is 17.9 Å². The Morgan fingerprint density at radius 3 is 2.76 bits per heavy atom. The largest absolute Gasteiger partial charge is 0.486 e. The van der Waals surface area contributed by atoms with Crippen molar-refractivity contribution in [3.63, 3.8) is 0 Å².